The molecule has 1 saturated heterocycles. The molecular formula is C14H21ClN2O2. The normalized spacial score (nSPS) is 18.3. The van der Waals surface area contributed by atoms with E-state index in [9.17, 15) is 4.79 Å². The van der Waals surface area contributed by atoms with Crippen molar-refractivity contribution in [1.29, 1.82) is 0 Å². The van der Waals surface area contributed by atoms with Crippen LogP contribution in [0.2, 0.25) is 0 Å². The average molecular weight is 285 g/mol. The number of methoxy groups -OCH3 is 1. The van der Waals surface area contributed by atoms with Gasteiger partial charge in [-0.3, -0.25) is 4.79 Å². The van der Waals surface area contributed by atoms with Gasteiger partial charge in [0.25, 0.3) is 0 Å². The highest BCUT2D eigenvalue weighted by Gasteiger charge is 2.21. The van der Waals surface area contributed by atoms with E-state index in [1.807, 2.05) is 25.1 Å². The van der Waals surface area contributed by atoms with Crippen molar-refractivity contribution in [2.75, 3.05) is 25.5 Å². The standard InChI is InChI=1S/C14H20N2O2.ClH/c1-10-8-12(18-2)5-6-13(10)16-14(17)11-4-3-7-15-9-11;/h5-6,8,11,15H,3-4,7,9H2,1-2H3,(H,16,17);1H. The Hall–Kier alpha value is -1.26. The zero-order valence-corrected chi connectivity index (χ0v) is 12.2. The summed E-state index contributed by atoms with van der Waals surface area (Å²) in [6.07, 6.45) is 2.04. The zero-order valence-electron chi connectivity index (χ0n) is 11.4. The first-order valence-electron chi connectivity index (χ1n) is 6.37. The summed E-state index contributed by atoms with van der Waals surface area (Å²) in [5, 5.41) is 6.25. The SMILES string of the molecule is COc1ccc(NC(=O)C2CCCNC2)c(C)c1.Cl. The van der Waals surface area contributed by atoms with E-state index in [1.54, 1.807) is 7.11 Å². The number of aryl methyl sites for hydroxylation is 1. The monoisotopic (exact) mass is 284 g/mol. The molecule has 1 heterocycles. The second-order valence-corrected chi connectivity index (χ2v) is 4.71. The molecule has 2 rings (SSSR count). The summed E-state index contributed by atoms with van der Waals surface area (Å²) in [5.74, 6) is 1.00. The molecule has 4 nitrogen and oxygen atoms in total. The van der Waals surface area contributed by atoms with E-state index in [1.165, 1.54) is 0 Å². The predicted octanol–water partition coefficient (Wildman–Crippen LogP) is 2.36. The molecule has 1 unspecified atom stereocenters. The number of hydrogen-bond acceptors (Lipinski definition) is 3. The second-order valence-electron chi connectivity index (χ2n) is 4.71. The van der Waals surface area contributed by atoms with Gasteiger partial charge in [-0.2, -0.15) is 0 Å². The molecule has 106 valence electrons. The number of benzene rings is 1. The Balaban J connectivity index is 0.00000180. The molecule has 2 N–H and O–H groups in total. The van der Waals surface area contributed by atoms with Gasteiger partial charge in [0, 0.05) is 12.2 Å². The van der Waals surface area contributed by atoms with Crippen LogP contribution in [0.4, 0.5) is 5.69 Å². The van der Waals surface area contributed by atoms with Gasteiger partial charge in [0.15, 0.2) is 0 Å². The van der Waals surface area contributed by atoms with E-state index in [4.69, 9.17) is 4.74 Å². The lowest BCUT2D eigenvalue weighted by Gasteiger charge is -2.22. The van der Waals surface area contributed by atoms with E-state index < -0.39 is 0 Å². The molecule has 0 aromatic heterocycles. The molecule has 0 radical (unpaired) electrons. The van der Waals surface area contributed by atoms with Gasteiger partial charge in [0.2, 0.25) is 5.91 Å². The van der Waals surface area contributed by atoms with E-state index >= 15 is 0 Å². The van der Waals surface area contributed by atoms with Crippen molar-refractivity contribution in [3.63, 3.8) is 0 Å². The smallest absolute Gasteiger partial charge is 0.228 e. The van der Waals surface area contributed by atoms with Gasteiger partial charge in [0.05, 0.1) is 13.0 Å². The minimum Gasteiger partial charge on any atom is -0.497 e. The van der Waals surface area contributed by atoms with E-state index in [0.29, 0.717) is 0 Å². The molecule has 1 aromatic rings. The molecule has 1 aromatic carbocycles. The number of amides is 1. The third kappa shape index (κ3) is 4.11. The van der Waals surface area contributed by atoms with Crippen molar-refractivity contribution in [1.82, 2.24) is 5.32 Å². The lowest BCUT2D eigenvalue weighted by molar-refractivity contribution is -0.120. The van der Waals surface area contributed by atoms with E-state index in [0.717, 1.165) is 42.9 Å². The summed E-state index contributed by atoms with van der Waals surface area (Å²) in [6.45, 7) is 3.77. The minimum absolute atomic E-state index is 0. The third-order valence-corrected chi connectivity index (χ3v) is 3.36. The number of ether oxygens (including phenoxy) is 1. The molecule has 1 amide bonds. The van der Waals surface area contributed by atoms with Crippen LogP contribution in [0.1, 0.15) is 18.4 Å². The molecule has 1 aliphatic heterocycles. The second kappa shape index (κ2) is 7.36. The number of hydrogen-bond donors (Lipinski definition) is 2. The van der Waals surface area contributed by atoms with Gasteiger partial charge in [-0.15, -0.1) is 12.4 Å². The van der Waals surface area contributed by atoms with E-state index in [2.05, 4.69) is 10.6 Å². The Morgan fingerprint density at radius 1 is 1.47 bits per heavy atom. The van der Waals surface area contributed by atoms with Crippen LogP contribution in [0.5, 0.6) is 5.75 Å². The predicted molar refractivity (Wildman–Crippen MR) is 79.2 cm³/mol. The summed E-state index contributed by atoms with van der Waals surface area (Å²) < 4.78 is 5.15. The van der Waals surface area contributed by atoms with Gasteiger partial charge >= 0.3 is 0 Å². The zero-order chi connectivity index (χ0) is 13.0. The Morgan fingerprint density at radius 3 is 2.84 bits per heavy atom. The number of carbonyl (C=O) groups excluding carboxylic acids is 1. The Bertz CT molecular complexity index is 431. The number of piperidine rings is 1. The summed E-state index contributed by atoms with van der Waals surface area (Å²) in [4.78, 5) is 12.1. The van der Waals surface area contributed by atoms with E-state index in [-0.39, 0.29) is 24.2 Å². The first-order valence-corrected chi connectivity index (χ1v) is 6.37. The quantitative estimate of drug-likeness (QED) is 0.896. The average Bonchev–Trinajstić information content (AvgIpc) is 2.42. The Kier molecular flexibility index (Phi) is 6.12. The molecule has 19 heavy (non-hydrogen) atoms. The van der Waals surface area contributed by atoms with Crippen molar-refractivity contribution in [2.45, 2.75) is 19.8 Å². The van der Waals surface area contributed by atoms with Crippen molar-refractivity contribution >= 4 is 24.0 Å². The fraction of sp³-hybridized carbons (Fsp3) is 0.500. The molecule has 1 fully saturated rings. The van der Waals surface area contributed by atoms with Crippen LogP contribution in [0, 0.1) is 12.8 Å². The van der Waals surface area contributed by atoms with Gasteiger partial charge in [-0.25, -0.2) is 0 Å². The van der Waals surface area contributed by atoms with Crippen molar-refractivity contribution in [2.24, 2.45) is 5.92 Å². The lowest BCUT2D eigenvalue weighted by atomic mass is 9.98. The first kappa shape index (κ1) is 15.8. The molecular weight excluding hydrogens is 264 g/mol. The Morgan fingerprint density at radius 2 is 2.26 bits per heavy atom. The lowest BCUT2D eigenvalue weighted by Crippen LogP contribution is -2.37. The van der Waals surface area contributed by atoms with Crippen LogP contribution in [0.3, 0.4) is 0 Å². The van der Waals surface area contributed by atoms with Crippen molar-refractivity contribution in [3.05, 3.63) is 23.8 Å². The number of nitrogens with one attached hydrogen (secondary N) is 2. The summed E-state index contributed by atoms with van der Waals surface area (Å²) in [7, 11) is 1.64. The third-order valence-electron chi connectivity index (χ3n) is 3.36. The van der Waals surface area contributed by atoms with Crippen LogP contribution < -0.4 is 15.4 Å². The van der Waals surface area contributed by atoms with Crippen LogP contribution >= 0.6 is 12.4 Å². The summed E-state index contributed by atoms with van der Waals surface area (Å²) >= 11 is 0. The van der Waals surface area contributed by atoms with Crippen LogP contribution in [0.25, 0.3) is 0 Å². The van der Waals surface area contributed by atoms with Gasteiger partial charge in [-0.05, 0) is 50.1 Å². The van der Waals surface area contributed by atoms with Gasteiger partial charge < -0.3 is 15.4 Å². The minimum atomic E-state index is 0. The maximum absolute atomic E-state index is 12.1. The van der Waals surface area contributed by atoms with Crippen LogP contribution in [0.15, 0.2) is 18.2 Å². The molecule has 0 aliphatic carbocycles. The maximum Gasteiger partial charge on any atom is 0.228 e. The fourth-order valence-electron chi connectivity index (χ4n) is 2.21. The highest BCUT2D eigenvalue weighted by Crippen LogP contribution is 2.22. The molecule has 0 saturated carbocycles. The summed E-state index contributed by atoms with van der Waals surface area (Å²) in [5.41, 5.74) is 1.89. The number of carbonyl (C=O) groups is 1. The van der Waals surface area contributed by atoms with Crippen molar-refractivity contribution < 1.29 is 9.53 Å². The number of rotatable bonds is 3. The highest BCUT2D eigenvalue weighted by molar-refractivity contribution is 5.93. The van der Waals surface area contributed by atoms with Crippen LogP contribution in [-0.2, 0) is 4.79 Å². The topological polar surface area (TPSA) is 50.4 Å². The number of halogens is 1. The fourth-order valence-corrected chi connectivity index (χ4v) is 2.21. The molecule has 0 spiro atoms. The first-order chi connectivity index (χ1) is 8.70. The Labute approximate surface area is 120 Å². The summed E-state index contributed by atoms with van der Waals surface area (Å²) in [6, 6.07) is 5.68. The number of anilines is 1. The maximum atomic E-state index is 12.1. The van der Waals surface area contributed by atoms with Gasteiger partial charge in [0.1, 0.15) is 5.75 Å². The van der Waals surface area contributed by atoms with Crippen LogP contribution in [-0.4, -0.2) is 26.1 Å². The molecule has 5 heteroatoms. The molecule has 1 aliphatic rings. The van der Waals surface area contributed by atoms with Crippen molar-refractivity contribution in [3.8, 4) is 5.75 Å². The largest absolute Gasteiger partial charge is 0.497 e. The highest BCUT2D eigenvalue weighted by atomic mass is 35.5. The molecule has 0 bridgehead atoms. The van der Waals surface area contributed by atoms with Gasteiger partial charge in [-0.1, -0.05) is 0 Å². The molecule has 1 atom stereocenters.